The number of benzene rings is 1. The molecule has 0 spiro atoms. The molecule has 1 fully saturated rings. The van der Waals surface area contributed by atoms with Crippen molar-refractivity contribution in [3.8, 4) is 0 Å². The number of amides is 1. The zero-order chi connectivity index (χ0) is 14.7. The first-order chi connectivity index (χ1) is 9.47. The fourth-order valence-electron chi connectivity index (χ4n) is 2.33. The molecule has 0 atom stereocenters. The lowest BCUT2D eigenvalue weighted by Gasteiger charge is -2.26. The summed E-state index contributed by atoms with van der Waals surface area (Å²) in [4.78, 5) is 22.3. The summed E-state index contributed by atoms with van der Waals surface area (Å²) < 4.78 is 0. The second kappa shape index (κ2) is 6.19. The van der Waals surface area contributed by atoms with Gasteiger partial charge in [-0.3, -0.25) is 14.9 Å². The lowest BCUT2D eigenvalue weighted by molar-refractivity contribution is -0.384. The lowest BCUT2D eigenvalue weighted by atomic mass is 9.91. The summed E-state index contributed by atoms with van der Waals surface area (Å²) in [5, 5.41) is 13.8. The number of halogens is 1. The van der Waals surface area contributed by atoms with E-state index in [4.69, 9.17) is 17.3 Å². The molecule has 0 heterocycles. The van der Waals surface area contributed by atoms with Gasteiger partial charge in [0.05, 0.1) is 15.5 Å². The predicted molar refractivity (Wildman–Crippen MR) is 75.8 cm³/mol. The molecular formula is C13H16ClN3O3. The fraction of sp³-hybridized carbons (Fsp3) is 0.462. The monoisotopic (exact) mass is 297 g/mol. The van der Waals surface area contributed by atoms with Gasteiger partial charge in [0, 0.05) is 24.2 Å². The Balaban J connectivity index is 2.08. The van der Waals surface area contributed by atoms with Crippen LogP contribution >= 0.6 is 11.6 Å². The average Bonchev–Trinajstić information content (AvgIpc) is 2.41. The number of nitrogens with zero attached hydrogens (tertiary/aromatic N) is 1. The predicted octanol–water partition coefficient (Wildman–Crippen LogP) is 2.25. The Morgan fingerprint density at radius 2 is 2.00 bits per heavy atom. The number of nitro benzene ring substituents is 1. The molecular weight excluding hydrogens is 282 g/mol. The Kier molecular flexibility index (Phi) is 4.57. The van der Waals surface area contributed by atoms with Crippen molar-refractivity contribution in [3.63, 3.8) is 0 Å². The number of rotatable bonds is 3. The van der Waals surface area contributed by atoms with Gasteiger partial charge in [-0.05, 0) is 31.7 Å². The Bertz CT molecular complexity index is 528. The quantitative estimate of drug-likeness (QED) is 0.660. The summed E-state index contributed by atoms with van der Waals surface area (Å²) in [5.41, 5.74) is 5.79. The van der Waals surface area contributed by atoms with E-state index in [-0.39, 0.29) is 34.3 Å². The minimum Gasteiger partial charge on any atom is -0.349 e. The van der Waals surface area contributed by atoms with E-state index in [1.54, 1.807) is 0 Å². The second-order valence-corrected chi connectivity index (χ2v) is 5.41. The zero-order valence-corrected chi connectivity index (χ0v) is 11.6. The SMILES string of the molecule is NC1CCC(NC(=O)c2cc([N+](=O)[O-])ccc2Cl)CC1. The van der Waals surface area contributed by atoms with Crippen molar-refractivity contribution in [1.82, 2.24) is 5.32 Å². The van der Waals surface area contributed by atoms with Gasteiger partial charge in [-0.15, -0.1) is 0 Å². The molecule has 3 N–H and O–H groups in total. The van der Waals surface area contributed by atoms with Crippen LogP contribution in [0.2, 0.25) is 5.02 Å². The van der Waals surface area contributed by atoms with Crippen LogP contribution < -0.4 is 11.1 Å². The first-order valence-electron chi connectivity index (χ1n) is 6.47. The van der Waals surface area contributed by atoms with E-state index in [1.165, 1.54) is 18.2 Å². The average molecular weight is 298 g/mol. The van der Waals surface area contributed by atoms with Gasteiger partial charge in [-0.2, -0.15) is 0 Å². The fourth-order valence-corrected chi connectivity index (χ4v) is 2.53. The molecule has 7 heteroatoms. The van der Waals surface area contributed by atoms with E-state index < -0.39 is 4.92 Å². The largest absolute Gasteiger partial charge is 0.349 e. The van der Waals surface area contributed by atoms with Crippen molar-refractivity contribution in [2.75, 3.05) is 0 Å². The summed E-state index contributed by atoms with van der Waals surface area (Å²) in [6, 6.07) is 4.10. The molecule has 1 aromatic rings. The topological polar surface area (TPSA) is 98.3 Å². The Hall–Kier alpha value is -1.66. The maximum absolute atomic E-state index is 12.1. The van der Waals surface area contributed by atoms with E-state index in [0.717, 1.165) is 25.7 Å². The summed E-state index contributed by atoms with van der Waals surface area (Å²) in [5.74, 6) is -0.376. The number of non-ortho nitro benzene ring substituents is 1. The van der Waals surface area contributed by atoms with Crippen LogP contribution in [0.25, 0.3) is 0 Å². The number of nitro groups is 1. The summed E-state index contributed by atoms with van der Waals surface area (Å²) in [7, 11) is 0. The van der Waals surface area contributed by atoms with Crippen molar-refractivity contribution in [1.29, 1.82) is 0 Å². The normalized spacial score (nSPS) is 22.3. The third-order valence-corrected chi connectivity index (χ3v) is 3.84. The van der Waals surface area contributed by atoms with Crippen LogP contribution in [0.3, 0.4) is 0 Å². The zero-order valence-electron chi connectivity index (χ0n) is 10.8. The highest BCUT2D eigenvalue weighted by atomic mass is 35.5. The summed E-state index contributed by atoms with van der Waals surface area (Å²) in [6.45, 7) is 0. The highest BCUT2D eigenvalue weighted by Crippen LogP contribution is 2.23. The first-order valence-corrected chi connectivity index (χ1v) is 6.85. The third kappa shape index (κ3) is 3.46. The highest BCUT2D eigenvalue weighted by Gasteiger charge is 2.22. The number of hydrogen-bond donors (Lipinski definition) is 2. The highest BCUT2D eigenvalue weighted by molar-refractivity contribution is 6.33. The number of hydrogen-bond acceptors (Lipinski definition) is 4. The smallest absolute Gasteiger partial charge is 0.270 e. The van der Waals surface area contributed by atoms with Gasteiger partial charge in [-0.25, -0.2) is 0 Å². The third-order valence-electron chi connectivity index (χ3n) is 3.51. The molecule has 6 nitrogen and oxygen atoms in total. The van der Waals surface area contributed by atoms with Crippen LogP contribution in [0.5, 0.6) is 0 Å². The minimum absolute atomic E-state index is 0.0534. The molecule has 0 aliphatic heterocycles. The van der Waals surface area contributed by atoms with Gasteiger partial charge >= 0.3 is 0 Å². The number of carbonyl (C=O) groups is 1. The van der Waals surface area contributed by atoms with Crippen LogP contribution in [-0.2, 0) is 0 Å². The molecule has 1 aromatic carbocycles. The molecule has 108 valence electrons. The molecule has 1 aliphatic rings. The molecule has 0 bridgehead atoms. The standard InChI is InChI=1S/C13H16ClN3O3/c14-12-6-5-10(17(19)20)7-11(12)13(18)16-9-3-1-8(15)2-4-9/h5-9H,1-4,15H2,(H,16,18). The Morgan fingerprint density at radius 1 is 1.35 bits per heavy atom. The molecule has 1 amide bonds. The van der Waals surface area contributed by atoms with Gasteiger partial charge in [0.1, 0.15) is 0 Å². The van der Waals surface area contributed by atoms with Crippen molar-refractivity contribution in [2.24, 2.45) is 5.73 Å². The van der Waals surface area contributed by atoms with E-state index in [2.05, 4.69) is 5.32 Å². The van der Waals surface area contributed by atoms with Crippen molar-refractivity contribution in [3.05, 3.63) is 38.9 Å². The number of nitrogens with one attached hydrogen (secondary N) is 1. The molecule has 1 aliphatic carbocycles. The lowest BCUT2D eigenvalue weighted by Crippen LogP contribution is -2.40. The molecule has 20 heavy (non-hydrogen) atoms. The molecule has 0 saturated heterocycles. The van der Waals surface area contributed by atoms with Crippen LogP contribution in [0, 0.1) is 10.1 Å². The Labute approximate surface area is 121 Å². The molecule has 2 rings (SSSR count). The Morgan fingerprint density at radius 3 is 2.60 bits per heavy atom. The maximum atomic E-state index is 12.1. The molecule has 0 aromatic heterocycles. The molecule has 1 saturated carbocycles. The van der Waals surface area contributed by atoms with E-state index in [9.17, 15) is 14.9 Å². The van der Waals surface area contributed by atoms with Gasteiger partial charge in [0.2, 0.25) is 0 Å². The maximum Gasteiger partial charge on any atom is 0.270 e. The van der Waals surface area contributed by atoms with Crippen molar-refractivity contribution >= 4 is 23.2 Å². The first kappa shape index (κ1) is 14.7. The molecule has 0 radical (unpaired) electrons. The van der Waals surface area contributed by atoms with E-state index in [0.29, 0.717) is 0 Å². The molecule has 0 unspecified atom stereocenters. The van der Waals surface area contributed by atoms with Gasteiger partial charge in [0.25, 0.3) is 11.6 Å². The minimum atomic E-state index is -0.549. The number of nitrogens with two attached hydrogens (primary N) is 1. The van der Waals surface area contributed by atoms with Gasteiger partial charge < -0.3 is 11.1 Å². The van der Waals surface area contributed by atoms with Gasteiger partial charge in [0.15, 0.2) is 0 Å². The van der Waals surface area contributed by atoms with Crippen LogP contribution in [0.15, 0.2) is 18.2 Å². The number of carbonyl (C=O) groups excluding carboxylic acids is 1. The van der Waals surface area contributed by atoms with Crippen LogP contribution in [0.1, 0.15) is 36.0 Å². The van der Waals surface area contributed by atoms with E-state index in [1.807, 2.05) is 0 Å². The van der Waals surface area contributed by atoms with Crippen molar-refractivity contribution < 1.29 is 9.72 Å². The van der Waals surface area contributed by atoms with Gasteiger partial charge in [-0.1, -0.05) is 11.6 Å². The summed E-state index contributed by atoms with van der Waals surface area (Å²) >= 11 is 5.93. The van der Waals surface area contributed by atoms with Crippen LogP contribution in [-0.4, -0.2) is 22.9 Å². The summed E-state index contributed by atoms with van der Waals surface area (Å²) in [6.07, 6.45) is 3.38. The van der Waals surface area contributed by atoms with E-state index >= 15 is 0 Å². The van der Waals surface area contributed by atoms with Crippen molar-refractivity contribution in [2.45, 2.75) is 37.8 Å². The second-order valence-electron chi connectivity index (χ2n) is 5.01. The van der Waals surface area contributed by atoms with Crippen LogP contribution in [0.4, 0.5) is 5.69 Å².